The van der Waals surface area contributed by atoms with Crippen molar-refractivity contribution in [3.63, 3.8) is 0 Å². The highest BCUT2D eigenvalue weighted by molar-refractivity contribution is 6.17. The van der Waals surface area contributed by atoms with Gasteiger partial charge in [-0.2, -0.15) is 0 Å². The summed E-state index contributed by atoms with van der Waals surface area (Å²) in [7, 11) is 0. The normalized spacial score (nSPS) is 13.8. The summed E-state index contributed by atoms with van der Waals surface area (Å²) in [6.45, 7) is 0.998. The molecule has 1 aromatic heterocycles. The van der Waals surface area contributed by atoms with Crippen molar-refractivity contribution in [1.29, 1.82) is 0 Å². The van der Waals surface area contributed by atoms with Crippen LogP contribution in [0.3, 0.4) is 0 Å². The van der Waals surface area contributed by atoms with Gasteiger partial charge in [-0.1, -0.05) is 18.2 Å². The van der Waals surface area contributed by atoms with Gasteiger partial charge in [0.15, 0.2) is 0 Å². The first-order valence-electron chi connectivity index (χ1n) is 5.75. The third kappa shape index (κ3) is 1.89. The van der Waals surface area contributed by atoms with E-state index in [1.807, 2.05) is 12.3 Å². The molecule has 0 aliphatic carbocycles. The molecule has 0 saturated heterocycles. The lowest BCUT2D eigenvalue weighted by molar-refractivity contribution is 0.971. The highest BCUT2D eigenvalue weighted by Crippen LogP contribution is 2.33. The molecule has 86 valence electrons. The molecule has 2 aromatic rings. The Bertz CT molecular complexity index is 539. The summed E-state index contributed by atoms with van der Waals surface area (Å²) in [4.78, 5) is 6.69. The van der Waals surface area contributed by atoms with Gasteiger partial charge < -0.3 is 4.90 Å². The minimum atomic E-state index is 0.533. The van der Waals surface area contributed by atoms with Gasteiger partial charge >= 0.3 is 0 Å². The minimum absolute atomic E-state index is 0.533. The van der Waals surface area contributed by atoms with Crippen LogP contribution in [0.25, 0.3) is 0 Å². The molecule has 0 fully saturated rings. The molecule has 0 saturated carbocycles. The Morgan fingerprint density at radius 2 is 2.12 bits per heavy atom. The summed E-state index contributed by atoms with van der Waals surface area (Å²) in [6, 6.07) is 12.5. The number of rotatable bonds is 2. The van der Waals surface area contributed by atoms with Gasteiger partial charge in [0.05, 0.1) is 0 Å². The fraction of sp³-hybridized carbons (Fsp3) is 0.214. The van der Waals surface area contributed by atoms with Crippen LogP contribution in [0.4, 0.5) is 11.5 Å². The van der Waals surface area contributed by atoms with E-state index in [0.717, 1.165) is 24.3 Å². The van der Waals surface area contributed by atoms with Crippen LogP contribution in [-0.2, 0) is 12.3 Å². The molecule has 0 atom stereocenters. The molecule has 0 unspecified atom stereocenters. The summed E-state index contributed by atoms with van der Waals surface area (Å²) in [5.74, 6) is 1.53. The minimum Gasteiger partial charge on any atom is -0.326 e. The van der Waals surface area contributed by atoms with Crippen LogP contribution in [-0.4, -0.2) is 11.5 Å². The summed E-state index contributed by atoms with van der Waals surface area (Å²) in [6.07, 6.45) is 2.91. The molecule has 2 heterocycles. The Labute approximate surface area is 106 Å². The second-order valence-corrected chi connectivity index (χ2v) is 4.45. The van der Waals surface area contributed by atoms with Crippen molar-refractivity contribution < 1.29 is 0 Å². The number of fused-ring (bicyclic) bond motifs is 1. The molecule has 1 aliphatic rings. The molecule has 0 radical (unpaired) electrons. The Kier molecular flexibility index (Phi) is 2.73. The molecule has 0 spiro atoms. The molecule has 17 heavy (non-hydrogen) atoms. The number of nitrogens with zero attached hydrogens (tertiary/aromatic N) is 2. The molecule has 0 amide bonds. The van der Waals surface area contributed by atoms with Crippen molar-refractivity contribution in [2.75, 3.05) is 11.4 Å². The maximum Gasteiger partial charge on any atom is 0.133 e. The largest absolute Gasteiger partial charge is 0.326 e. The van der Waals surface area contributed by atoms with Crippen LogP contribution in [0.5, 0.6) is 0 Å². The maximum absolute atomic E-state index is 5.86. The molecule has 3 heteroatoms. The predicted molar refractivity (Wildman–Crippen MR) is 70.9 cm³/mol. The molecule has 1 aromatic carbocycles. The number of benzene rings is 1. The fourth-order valence-electron chi connectivity index (χ4n) is 2.27. The molecule has 3 rings (SSSR count). The predicted octanol–water partition coefficient (Wildman–Crippen LogP) is 3.51. The van der Waals surface area contributed by atoms with Crippen molar-refractivity contribution >= 4 is 23.1 Å². The Hall–Kier alpha value is -1.54. The van der Waals surface area contributed by atoms with Crippen LogP contribution in [0.1, 0.15) is 11.1 Å². The van der Waals surface area contributed by atoms with E-state index < -0.39 is 0 Å². The van der Waals surface area contributed by atoms with E-state index >= 15 is 0 Å². The quantitative estimate of drug-likeness (QED) is 0.752. The summed E-state index contributed by atoms with van der Waals surface area (Å²) in [5, 5.41) is 0. The second kappa shape index (κ2) is 4.38. The number of para-hydroxylation sites is 1. The van der Waals surface area contributed by atoms with Crippen LogP contribution in [0.15, 0.2) is 42.6 Å². The van der Waals surface area contributed by atoms with Crippen LogP contribution < -0.4 is 4.90 Å². The van der Waals surface area contributed by atoms with E-state index in [1.165, 1.54) is 11.3 Å². The maximum atomic E-state index is 5.86. The lowest BCUT2D eigenvalue weighted by atomic mass is 10.2. The number of alkyl halides is 1. The first-order valence-corrected chi connectivity index (χ1v) is 6.28. The van der Waals surface area contributed by atoms with Crippen molar-refractivity contribution in [3.05, 3.63) is 53.7 Å². The third-order valence-electron chi connectivity index (χ3n) is 3.13. The van der Waals surface area contributed by atoms with Gasteiger partial charge in [-0.3, -0.25) is 0 Å². The lowest BCUT2D eigenvalue weighted by Gasteiger charge is -2.18. The average Bonchev–Trinajstić information content (AvgIpc) is 2.82. The molecular formula is C14H13ClN2. The lowest BCUT2D eigenvalue weighted by Crippen LogP contribution is -2.14. The van der Waals surface area contributed by atoms with E-state index in [4.69, 9.17) is 11.6 Å². The number of halogens is 1. The van der Waals surface area contributed by atoms with Gasteiger partial charge in [0, 0.05) is 24.3 Å². The van der Waals surface area contributed by atoms with Crippen molar-refractivity contribution in [1.82, 2.24) is 4.98 Å². The van der Waals surface area contributed by atoms with Gasteiger partial charge in [-0.25, -0.2) is 4.98 Å². The van der Waals surface area contributed by atoms with E-state index in [1.54, 1.807) is 0 Å². The highest BCUT2D eigenvalue weighted by atomic mass is 35.5. The molecule has 0 bridgehead atoms. The first kappa shape index (κ1) is 10.6. The molecule has 0 N–H and O–H groups in total. The zero-order valence-electron chi connectivity index (χ0n) is 9.44. The third-order valence-corrected chi connectivity index (χ3v) is 3.44. The zero-order valence-corrected chi connectivity index (χ0v) is 10.2. The van der Waals surface area contributed by atoms with Gasteiger partial charge in [0.25, 0.3) is 0 Å². The topological polar surface area (TPSA) is 16.1 Å². The standard InChI is InChI=1S/C14H13ClN2/c15-10-11-5-7-16-14(9-11)17-8-6-12-3-1-2-4-13(12)17/h1-5,7,9H,6,8,10H2. The van der Waals surface area contributed by atoms with Gasteiger partial charge in [0.1, 0.15) is 5.82 Å². The highest BCUT2D eigenvalue weighted by Gasteiger charge is 2.20. The van der Waals surface area contributed by atoms with E-state index in [2.05, 4.69) is 40.2 Å². The van der Waals surface area contributed by atoms with Crippen LogP contribution in [0.2, 0.25) is 0 Å². The Morgan fingerprint density at radius 3 is 3.00 bits per heavy atom. The SMILES string of the molecule is ClCc1ccnc(N2CCc3ccccc32)c1. The average molecular weight is 245 g/mol. The van der Waals surface area contributed by atoms with Crippen LogP contribution >= 0.6 is 11.6 Å². The first-order chi connectivity index (χ1) is 8.38. The van der Waals surface area contributed by atoms with Crippen molar-refractivity contribution in [2.24, 2.45) is 0 Å². The van der Waals surface area contributed by atoms with Gasteiger partial charge in [0.2, 0.25) is 0 Å². The van der Waals surface area contributed by atoms with Crippen molar-refractivity contribution in [3.8, 4) is 0 Å². The molecule has 2 nitrogen and oxygen atoms in total. The van der Waals surface area contributed by atoms with E-state index in [0.29, 0.717) is 5.88 Å². The number of anilines is 2. The number of hydrogen-bond donors (Lipinski definition) is 0. The van der Waals surface area contributed by atoms with Gasteiger partial charge in [-0.15, -0.1) is 11.6 Å². The Morgan fingerprint density at radius 1 is 1.24 bits per heavy atom. The Balaban J connectivity index is 2.01. The number of pyridine rings is 1. The van der Waals surface area contributed by atoms with E-state index in [-0.39, 0.29) is 0 Å². The summed E-state index contributed by atoms with van der Waals surface area (Å²) in [5.41, 5.74) is 3.78. The zero-order chi connectivity index (χ0) is 11.7. The van der Waals surface area contributed by atoms with Crippen molar-refractivity contribution in [2.45, 2.75) is 12.3 Å². The monoisotopic (exact) mass is 244 g/mol. The smallest absolute Gasteiger partial charge is 0.133 e. The second-order valence-electron chi connectivity index (χ2n) is 4.19. The number of aromatic nitrogens is 1. The fourth-order valence-corrected chi connectivity index (χ4v) is 2.43. The van der Waals surface area contributed by atoms with E-state index in [9.17, 15) is 0 Å². The molecule has 1 aliphatic heterocycles. The summed E-state index contributed by atoms with van der Waals surface area (Å²) >= 11 is 5.86. The number of hydrogen-bond acceptors (Lipinski definition) is 2. The van der Waals surface area contributed by atoms with Gasteiger partial charge in [-0.05, 0) is 35.7 Å². The van der Waals surface area contributed by atoms with Crippen LogP contribution in [0, 0.1) is 0 Å². The molecular weight excluding hydrogens is 232 g/mol. The summed E-state index contributed by atoms with van der Waals surface area (Å²) < 4.78 is 0.